The van der Waals surface area contributed by atoms with Crippen LogP contribution < -0.4 is 4.74 Å². The van der Waals surface area contributed by atoms with Crippen molar-refractivity contribution in [1.82, 2.24) is 0 Å². The maximum Gasteiger partial charge on any atom is 0.317 e. The highest BCUT2D eigenvalue weighted by Crippen LogP contribution is 2.71. The summed E-state index contributed by atoms with van der Waals surface area (Å²) in [6.07, 6.45) is 11.1. The number of aldehydes is 1. The van der Waals surface area contributed by atoms with Crippen molar-refractivity contribution in [2.45, 2.75) is 91.8 Å². The number of unbranched alkanes of at least 4 members (excludes halogenated alkanes) is 2. The molecule has 0 amide bonds. The summed E-state index contributed by atoms with van der Waals surface area (Å²) in [6.45, 7) is 10.5. The zero-order chi connectivity index (χ0) is 29.6. The van der Waals surface area contributed by atoms with Crippen LogP contribution in [0.5, 0.6) is 5.75 Å². The molecule has 1 aromatic rings. The summed E-state index contributed by atoms with van der Waals surface area (Å²) in [4.78, 5) is 27.9. The first-order valence-electron chi connectivity index (χ1n) is 15.9. The Bertz CT molecular complexity index is 1050. The SMILES string of the molecule is CCCCOCCCCC1C(C)C(OC)CC1[C@@]1(C=O)CC2C=C(C(C)C)[C@@]1(C(=O)OCc1ccc(OC)cc1)C2. The van der Waals surface area contributed by atoms with Crippen LogP contribution in [0.2, 0.25) is 0 Å². The zero-order valence-electron chi connectivity index (χ0n) is 26.2. The standard InChI is InChI=1S/C35H52O6/c1-7-8-16-40-17-10-9-11-29-25(4)32(39-6)19-31(29)34(23-36)20-27-18-30(24(2)3)35(34,21-27)33(37)41-22-26-12-14-28(38-5)15-13-26/h12-15,18,23-25,27,29,31-32H,7-11,16-17,19-22H2,1-6H3/t25?,27?,29?,31?,32?,34-,35+/m0/s1. The molecule has 0 radical (unpaired) electrons. The summed E-state index contributed by atoms with van der Waals surface area (Å²) in [5, 5.41) is 0. The van der Waals surface area contributed by atoms with Gasteiger partial charge in [-0.3, -0.25) is 4.79 Å². The van der Waals surface area contributed by atoms with Crippen LogP contribution in [0.3, 0.4) is 0 Å². The molecule has 0 aromatic heterocycles. The van der Waals surface area contributed by atoms with Crippen LogP contribution in [0, 0.1) is 40.4 Å². The van der Waals surface area contributed by atoms with Gasteiger partial charge in [0.15, 0.2) is 0 Å². The van der Waals surface area contributed by atoms with E-state index in [2.05, 4.69) is 33.8 Å². The van der Waals surface area contributed by atoms with E-state index in [0.717, 1.165) is 75.0 Å². The predicted octanol–water partition coefficient (Wildman–Crippen LogP) is 7.19. The molecule has 0 aliphatic heterocycles. The molecule has 228 valence electrons. The minimum Gasteiger partial charge on any atom is -0.497 e. The average molecular weight is 569 g/mol. The van der Waals surface area contributed by atoms with Gasteiger partial charge >= 0.3 is 5.97 Å². The first-order valence-corrected chi connectivity index (χ1v) is 15.9. The van der Waals surface area contributed by atoms with E-state index in [9.17, 15) is 9.59 Å². The number of carbonyl (C=O) groups excluding carboxylic acids is 2. The molecule has 5 unspecified atom stereocenters. The number of esters is 1. The van der Waals surface area contributed by atoms with Crippen LogP contribution in [0.1, 0.15) is 84.6 Å². The lowest BCUT2D eigenvalue weighted by Crippen LogP contribution is -2.53. The Morgan fingerprint density at radius 1 is 1.07 bits per heavy atom. The van der Waals surface area contributed by atoms with Crippen molar-refractivity contribution in [1.29, 1.82) is 0 Å². The molecule has 3 aliphatic rings. The molecule has 6 nitrogen and oxygen atoms in total. The number of benzene rings is 1. The van der Waals surface area contributed by atoms with Gasteiger partial charge in [-0.05, 0) is 85.8 Å². The summed E-state index contributed by atoms with van der Waals surface area (Å²) < 4.78 is 23.2. The van der Waals surface area contributed by atoms with Crippen molar-refractivity contribution in [3.8, 4) is 5.75 Å². The van der Waals surface area contributed by atoms with Crippen molar-refractivity contribution in [3.63, 3.8) is 0 Å². The molecule has 4 rings (SSSR count). The number of hydrogen-bond donors (Lipinski definition) is 0. The lowest BCUT2D eigenvalue weighted by molar-refractivity contribution is -0.167. The molecular formula is C35H52O6. The normalized spacial score (nSPS) is 32.4. The highest BCUT2D eigenvalue weighted by atomic mass is 16.5. The molecule has 2 saturated carbocycles. The molecule has 2 bridgehead atoms. The van der Waals surface area contributed by atoms with E-state index in [1.54, 1.807) is 14.2 Å². The molecule has 0 spiro atoms. The number of rotatable bonds is 16. The number of methoxy groups -OCH3 is 2. The molecule has 1 aromatic carbocycles. The molecule has 3 aliphatic carbocycles. The summed E-state index contributed by atoms with van der Waals surface area (Å²) >= 11 is 0. The highest BCUT2D eigenvalue weighted by Gasteiger charge is 2.72. The lowest BCUT2D eigenvalue weighted by Gasteiger charge is -2.49. The molecule has 0 heterocycles. The van der Waals surface area contributed by atoms with E-state index in [4.69, 9.17) is 18.9 Å². The molecule has 6 heteroatoms. The fourth-order valence-corrected chi connectivity index (χ4v) is 8.52. The van der Waals surface area contributed by atoms with Crippen LogP contribution in [0.15, 0.2) is 35.9 Å². The fraction of sp³-hybridized carbons (Fsp3) is 0.714. The Kier molecular flexibility index (Phi) is 10.7. The number of fused-ring (bicyclic) bond motifs is 2. The van der Waals surface area contributed by atoms with Gasteiger partial charge in [-0.2, -0.15) is 0 Å². The van der Waals surface area contributed by atoms with Gasteiger partial charge in [-0.15, -0.1) is 0 Å². The summed E-state index contributed by atoms with van der Waals surface area (Å²) in [7, 11) is 3.42. The van der Waals surface area contributed by atoms with Crippen molar-refractivity contribution in [2.75, 3.05) is 27.4 Å². The van der Waals surface area contributed by atoms with E-state index in [-0.39, 0.29) is 36.4 Å². The number of ether oxygens (including phenoxy) is 4. The average Bonchev–Trinajstić information content (AvgIpc) is 3.64. The maximum absolute atomic E-state index is 14.4. The largest absolute Gasteiger partial charge is 0.497 e. The second kappa shape index (κ2) is 13.9. The quantitative estimate of drug-likeness (QED) is 0.0910. The summed E-state index contributed by atoms with van der Waals surface area (Å²) in [5.41, 5.74) is 0.293. The van der Waals surface area contributed by atoms with Crippen LogP contribution in [0.25, 0.3) is 0 Å². The number of allylic oxidation sites excluding steroid dienone is 1. The van der Waals surface area contributed by atoms with Crippen LogP contribution in [-0.2, 0) is 30.4 Å². The lowest BCUT2D eigenvalue weighted by atomic mass is 9.52. The minimum absolute atomic E-state index is 0.0712. The third-order valence-electron chi connectivity index (χ3n) is 10.5. The topological polar surface area (TPSA) is 71.1 Å². The Labute approximate surface area is 247 Å². The van der Waals surface area contributed by atoms with Gasteiger partial charge in [0.05, 0.1) is 13.2 Å². The predicted molar refractivity (Wildman–Crippen MR) is 161 cm³/mol. The number of carbonyl (C=O) groups is 2. The molecule has 0 saturated heterocycles. The van der Waals surface area contributed by atoms with Gasteiger partial charge in [-0.25, -0.2) is 0 Å². The Morgan fingerprint density at radius 3 is 2.44 bits per heavy atom. The molecule has 2 fully saturated rings. The van der Waals surface area contributed by atoms with E-state index >= 15 is 0 Å². The smallest absolute Gasteiger partial charge is 0.317 e. The second-order valence-corrected chi connectivity index (χ2v) is 13.0. The minimum atomic E-state index is -0.922. The van der Waals surface area contributed by atoms with Crippen LogP contribution >= 0.6 is 0 Å². The van der Waals surface area contributed by atoms with E-state index in [0.29, 0.717) is 18.3 Å². The zero-order valence-corrected chi connectivity index (χ0v) is 26.2. The molecule has 7 atom stereocenters. The van der Waals surface area contributed by atoms with Crippen LogP contribution in [0.4, 0.5) is 0 Å². The third-order valence-corrected chi connectivity index (χ3v) is 10.5. The van der Waals surface area contributed by atoms with Gasteiger partial charge in [-0.1, -0.05) is 64.3 Å². The van der Waals surface area contributed by atoms with Crippen molar-refractivity contribution in [2.24, 2.45) is 40.4 Å². The van der Waals surface area contributed by atoms with Crippen molar-refractivity contribution >= 4 is 12.3 Å². The Morgan fingerprint density at radius 2 is 1.80 bits per heavy atom. The van der Waals surface area contributed by atoms with E-state index < -0.39 is 10.8 Å². The highest BCUT2D eigenvalue weighted by molar-refractivity contribution is 5.89. The van der Waals surface area contributed by atoms with Gasteiger partial charge in [0.1, 0.15) is 24.1 Å². The van der Waals surface area contributed by atoms with Crippen LogP contribution in [-0.4, -0.2) is 45.8 Å². The van der Waals surface area contributed by atoms with Gasteiger partial charge in [0, 0.05) is 25.7 Å². The Hall–Kier alpha value is -2.18. The first kappa shape index (κ1) is 31.7. The molecule has 41 heavy (non-hydrogen) atoms. The van der Waals surface area contributed by atoms with E-state index in [1.165, 1.54) is 6.29 Å². The fourth-order valence-electron chi connectivity index (χ4n) is 8.52. The first-order chi connectivity index (χ1) is 19.8. The second-order valence-electron chi connectivity index (χ2n) is 13.0. The third kappa shape index (κ3) is 6.01. The molecular weight excluding hydrogens is 516 g/mol. The maximum atomic E-state index is 14.4. The Balaban J connectivity index is 1.60. The van der Waals surface area contributed by atoms with Gasteiger partial charge in [0.2, 0.25) is 0 Å². The van der Waals surface area contributed by atoms with Crippen molar-refractivity contribution in [3.05, 3.63) is 41.5 Å². The monoisotopic (exact) mass is 568 g/mol. The number of hydrogen-bond acceptors (Lipinski definition) is 6. The van der Waals surface area contributed by atoms with E-state index in [1.807, 2.05) is 24.3 Å². The summed E-state index contributed by atoms with van der Waals surface area (Å²) in [6, 6.07) is 7.60. The summed E-state index contributed by atoms with van der Waals surface area (Å²) in [5.74, 6) is 1.60. The van der Waals surface area contributed by atoms with Gasteiger partial charge in [0.25, 0.3) is 0 Å². The molecule has 0 N–H and O–H groups in total. The van der Waals surface area contributed by atoms with Crippen molar-refractivity contribution < 1.29 is 28.5 Å². The van der Waals surface area contributed by atoms with Gasteiger partial charge < -0.3 is 23.7 Å².